The maximum atomic E-state index is 12.6. The second-order valence-corrected chi connectivity index (χ2v) is 6.99. The van der Waals surface area contributed by atoms with Crippen LogP contribution in [0.25, 0.3) is 6.08 Å². The van der Waals surface area contributed by atoms with Gasteiger partial charge in [0.1, 0.15) is 11.9 Å². The lowest BCUT2D eigenvalue weighted by Crippen LogP contribution is -2.10. The van der Waals surface area contributed by atoms with Gasteiger partial charge in [0.25, 0.3) is 0 Å². The quantitative estimate of drug-likeness (QED) is 0.730. The molecule has 1 unspecified atom stereocenters. The number of benzene rings is 2. The molecular formula is C23H22O2. The normalized spacial score (nSPS) is 21.4. The number of carbonyl (C=O) groups excluding carboxylic acids is 1. The van der Waals surface area contributed by atoms with E-state index in [1.165, 1.54) is 11.1 Å². The van der Waals surface area contributed by atoms with Crippen LogP contribution in [0.3, 0.4) is 0 Å². The molecule has 2 nitrogen and oxygen atoms in total. The first kappa shape index (κ1) is 15.9. The van der Waals surface area contributed by atoms with Crippen LogP contribution in [0, 0.1) is 13.8 Å². The Balaban J connectivity index is 1.80. The first-order valence-electron chi connectivity index (χ1n) is 8.90. The average Bonchev–Trinajstić information content (AvgIpc) is 2.97. The van der Waals surface area contributed by atoms with Crippen molar-refractivity contribution in [1.82, 2.24) is 0 Å². The van der Waals surface area contributed by atoms with E-state index in [2.05, 4.69) is 68.5 Å². The van der Waals surface area contributed by atoms with Crippen molar-refractivity contribution in [3.8, 4) is 0 Å². The van der Waals surface area contributed by atoms with Gasteiger partial charge in [-0.2, -0.15) is 0 Å². The summed E-state index contributed by atoms with van der Waals surface area (Å²) in [4.78, 5) is 12.6. The van der Waals surface area contributed by atoms with Crippen LogP contribution in [-0.4, -0.2) is 5.78 Å². The molecule has 0 radical (unpaired) electrons. The van der Waals surface area contributed by atoms with E-state index in [1.807, 2.05) is 0 Å². The molecule has 2 aromatic carbocycles. The molecular weight excluding hydrogens is 308 g/mol. The summed E-state index contributed by atoms with van der Waals surface area (Å²) < 4.78 is 6.26. The number of ether oxygens (including phenoxy) is 1. The van der Waals surface area contributed by atoms with Gasteiger partial charge in [-0.3, -0.25) is 4.79 Å². The molecule has 0 aromatic heterocycles. The maximum Gasteiger partial charge on any atom is 0.166 e. The number of allylic oxidation sites excluding steroid dienone is 1. The Morgan fingerprint density at radius 2 is 1.56 bits per heavy atom. The standard InChI is InChI=1S/C23H22O2/c1-15-6-10-17(11-7-15)14-19-22-20(24)4-3-5-21(22)25-23(19)18-12-8-16(2)9-13-18/h6-14,23H,3-5H2,1-2H3/b19-14-. The molecule has 2 aromatic rings. The van der Waals surface area contributed by atoms with Crippen LogP contribution < -0.4 is 0 Å². The number of aryl methyl sites for hydroxylation is 2. The summed E-state index contributed by atoms with van der Waals surface area (Å²) >= 11 is 0. The van der Waals surface area contributed by atoms with Crippen molar-refractivity contribution in [3.63, 3.8) is 0 Å². The van der Waals surface area contributed by atoms with Gasteiger partial charge in [0.2, 0.25) is 0 Å². The molecule has 1 aliphatic heterocycles. The Morgan fingerprint density at radius 1 is 0.920 bits per heavy atom. The number of ketones is 1. The van der Waals surface area contributed by atoms with Gasteiger partial charge in [0, 0.05) is 18.4 Å². The monoisotopic (exact) mass is 330 g/mol. The van der Waals surface area contributed by atoms with Crippen LogP contribution in [0.2, 0.25) is 0 Å². The molecule has 0 saturated heterocycles. The number of Topliss-reactive ketones (excluding diaryl/α,β-unsaturated/α-hetero) is 1. The summed E-state index contributed by atoms with van der Waals surface area (Å²) in [5.74, 6) is 1.09. The molecule has 2 heteroatoms. The van der Waals surface area contributed by atoms with Gasteiger partial charge in [0.15, 0.2) is 5.78 Å². The van der Waals surface area contributed by atoms with Gasteiger partial charge >= 0.3 is 0 Å². The fourth-order valence-corrected chi connectivity index (χ4v) is 3.57. The number of rotatable bonds is 2. The van der Waals surface area contributed by atoms with Gasteiger partial charge in [-0.05, 0) is 37.5 Å². The largest absolute Gasteiger partial charge is 0.485 e. The molecule has 0 N–H and O–H groups in total. The van der Waals surface area contributed by atoms with E-state index < -0.39 is 0 Å². The molecule has 1 aliphatic carbocycles. The van der Waals surface area contributed by atoms with Crippen LogP contribution in [-0.2, 0) is 9.53 Å². The van der Waals surface area contributed by atoms with Crippen molar-refractivity contribution in [2.45, 2.75) is 39.2 Å². The van der Waals surface area contributed by atoms with Crippen LogP contribution in [0.5, 0.6) is 0 Å². The summed E-state index contributed by atoms with van der Waals surface area (Å²) in [5.41, 5.74) is 6.48. The lowest BCUT2D eigenvalue weighted by molar-refractivity contribution is -0.115. The summed E-state index contributed by atoms with van der Waals surface area (Å²) in [7, 11) is 0. The van der Waals surface area contributed by atoms with E-state index in [0.717, 1.165) is 40.9 Å². The van der Waals surface area contributed by atoms with Gasteiger partial charge in [-0.25, -0.2) is 0 Å². The fourth-order valence-electron chi connectivity index (χ4n) is 3.57. The van der Waals surface area contributed by atoms with E-state index >= 15 is 0 Å². The van der Waals surface area contributed by atoms with Crippen molar-refractivity contribution in [2.75, 3.05) is 0 Å². The summed E-state index contributed by atoms with van der Waals surface area (Å²) in [5, 5.41) is 0. The van der Waals surface area contributed by atoms with E-state index in [0.29, 0.717) is 6.42 Å². The first-order chi connectivity index (χ1) is 12.1. The zero-order valence-corrected chi connectivity index (χ0v) is 14.7. The van der Waals surface area contributed by atoms with Gasteiger partial charge in [0.05, 0.1) is 5.57 Å². The minimum absolute atomic E-state index is 0.186. The molecule has 1 atom stereocenters. The van der Waals surface area contributed by atoms with Crippen LogP contribution in [0.4, 0.5) is 0 Å². The molecule has 0 fully saturated rings. The number of carbonyl (C=O) groups is 1. The lowest BCUT2D eigenvalue weighted by atomic mass is 9.87. The van der Waals surface area contributed by atoms with Gasteiger partial charge in [-0.1, -0.05) is 59.7 Å². The Bertz CT molecular complexity index is 867. The van der Waals surface area contributed by atoms with E-state index in [4.69, 9.17) is 4.74 Å². The highest BCUT2D eigenvalue weighted by molar-refractivity contribution is 6.03. The smallest absolute Gasteiger partial charge is 0.166 e. The summed E-state index contributed by atoms with van der Waals surface area (Å²) in [6.45, 7) is 4.16. The van der Waals surface area contributed by atoms with Crippen molar-refractivity contribution in [1.29, 1.82) is 0 Å². The Hall–Kier alpha value is -2.61. The highest BCUT2D eigenvalue weighted by atomic mass is 16.5. The third kappa shape index (κ3) is 3.05. The minimum Gasteiger partial charge on any atom is -0.485 e. The third-order valence-corrected chi connectivity index (χ3v) is 4.98. The zero-order valence-electron chi connectivity index (χ0n) is 14.7. The van der Waals surface area contributed by atoms with Crippen molar-refractivity contribution >= 4 is 11.9 Å². The van der Waals surface area contributed by atoms with Crippen LogP contribution in [0.1, 0.15) is 47.6 Å². The molecule has 126 valence electrons. The zero-order chi connectivity index (χ0) is 17.4. The van der Waals surface area contributed by atoms with Crippen LogP contribution >= 0.6 is 0 Å². The molecule has 4 rings (SSSR count). The highest BCUT2D eigenvalue weighted by Crippen LogP contribution is 2.46. The van der Waals surface area contributed by atoms with E-state index in [1.54, 1.807) is 0 Å². The molecule has 0 spiro atoms. The third-order valence-electron chi connectivity index (χ3n) is 4.98. The van der Waals surface area contributed by atoms with Gasteiger partial charge in [-0.15, -0.1) is 0 Å². The Labute approximate surface area is 148 Å². The topological polar surface area (TPSA) is 26.3 Å². The highest BCUT2D eigenvalue weighted by Gasteiger charge is 2.37. The average molecular weight is 330 g/mol. The predicted octanol–water partition coefficient (Wildman–Crippen LogP) is 5.47. The van der Waals surface area contributed by atoms with Crippen molar-refractivity contribution in [2.24, 2.45) is 0 Å². The predicted molar refractivity (Wildman–Crippen MR) is 100 cm³/mol. The second-order valence-electron chi connectivity index (χ2n) is 6.99. The minimum atomic E-state index is -0.186. The van der Waals surface area contributed by atoms with Crippen molar-refractivity contribution < 1.29 is 9.53 Å². The molecule has 0 bridgehead atoms. The first-order valence-corrected chi connectivity index (χ1v) is 8.90. The number of hydrogen-bond donors (Lipinski definition) is 0. The second kappa shape index (κ2) is 6.36. The summed E-state index contributed by atoms with van der Waals surface area (Å²) in [6, 6.07) is 16.8. The number of hydrogen-bond acceptors (Lipinski definition) is 2. The fraction of sp³-hybridized carbons (Fsp3) is 0.261. The molecule has 25 heavy (non-hydrogen) atoms. The van der Waals surface area contributed by atoms with E-state index in [-0.39, 0.29) is 11.9 Å². The Morgan fingerprint density at radius 3 is 2.24 bits per heavy atom. The molecule has 0 amide bonds. The van der Waals surface area contributed by atoms with Gasteiger partial charge < -0.3 is 4.74 Å². The Kier molecular flexibility index (Phi) is 4.04. The van der Waals surface area contributed by atoms with Crippen LogP contribution in [0.15, 0.2) is 65.4 Å². The molecule has 2 aliphatic rings. The maximum absolute atomic E-state index is 12.6. The van der Waals surface area contributed by atoms with E-state index in [9.17, 15) is 4.79 Å². The summed E-state index contributed by atoms with van der Waals surface area (Å²) in [6.07, 6.45) is 4.29. The SMILES string of the molecule is Cc1ccc(/C=C2/C3=C(CCCC3=O)OC2c2ccc(C)cc2)cc1. The molecule has 1 heterocycles. The van der Waals surface area contributed by atoms with Crippen molar-refractivity contribution in [3.05, 3.63) is 87.7 Å². The lowest BCUT2D eigenvalue weighted by Gasteiger charge is -2.15. The molecule has 0 saturated carbocycles.